The Labute approximate surface area is 190 Å². The molecule has 1 heterocycles. The monoisotopic (exact) mass is 476 g/mol. The Balaban J connectivity index is 1.84. The standard InChI is InChI=1S/C25H21BrN2O3/c1-3-14-31-19-12-13-22(26)21(16-19)24-27-23-11-6-5-10-20(23)25(29)28(24)17-8-7-9-18(15-17)30-4-2/h1,5-13,15-16,24,27H,4,14H2,2H3. The number of ether oxygens (including phenoxy) is 2. The average molecular weight is 477 g/mol. The van der Waals surface area contributed by atoms with Gasteiger partial charge in [0.2, 0.25) is 0 Å². The van der Waals surface area contributed by atoms with Crippen LogP contribution in [0.4, 0.5) is 11.4 Å². The third kappa shape index (κ3) is 4.23. The summed E-state index contributed by atoms with van der Waals surface area (Å²) in [5.74, 6) is 3.71. The molecule has 0 bridgehead atoms. The van der Waals surface area contributed by atoms with Gasteiger partial charge < -0.3 is 14.8 Å². The highest BCUT2D eigenvalue weighted by Gasteiger charge is 2.35. The van der Waals surface area contributed by atoms with Crippen molar-refractivity contribution in [3.05, 3.63) is 82.3 Å². The zero-order valence-electron chi connectivity index (χ0n) is 17.0. The second kappa shape index (κ2) is 9.15. The van der Waals surface area contributed by atoms with Gasteiger partial charge in [0.15, 0.2) is 0 Å². The van der Waals surface area contributed by atoms with Crippen molar-refractivity contribution in [2.24, 2.45) is 0 Å². The molecular formula is C25H21BrN2O3. The first-order valence-corrected chi connectivity index (χ1v) is 10.7. The molecule has 3 aromatic rings. The number of carbonyl (C=O) groups excluding carboxylic acids is 1. The lowest BCUT2D eigenvalue weighted by Gasteiger charge is -2.38. The Bertz CT molecular complexity index is 1160. The molecule has 1 amide bonds. The van der Waals surface area contributed by atoms with Crippen LogP contribution in [0.1, 0.15) is 29.0 Å². The van der Waals surface area contributed by atoms with Crippen molar-refractivity contribution in [2.75, 3.05) is 23.4 Å². The van der Waals surface area contributed by atoms with Crippen LogP contribution in [0.5, 0.6) is 11.5 Å². The molecule has 1 unspecified atom stereocenters. The lowest BCUT2D eigenvalue weighted by molar-refractivity contribution is 0.0974. The van der Waals surface area contributed by atoms with E-state index in [1.807, 2.05) is 73.7 Å². The van der Waals surface area contributed by atoms with Crippen molar-refractivity contribution < 1.29 is 14.3 Å². The van der Waals surface area contributed by atoms with E-state index in [9.17, 15) is 4.79 Å². The van der Waals surface area contributed by atoms with E-state index in [4.69, 9.17) is 15.9 Å². The number of amides is 1. The van der Waals surface area contributed by atoms with Crippen molar-refractivity contribution in [3.8, 4) is 23.8 Å². The number of para-hydroxylation sites is 1. The molecule has 6 heteroatoms. The van der Waals surface area contributed by atoms with E-state index in [0.717, 1.165) is 21.4 Å². The summed E-state index contributed by atoms with van der Waals surface area (Å²) in [6, 6.07) is 20.6. The second-order valence-electron chi connectivity index (χ2n) is 6.87. The molecule has 0 aliphatic carbocycles. The number of nitrogens with one attached hydrogen (secondary N) is 1. The summed E-state index contributed by atoms with van der Waals surface area (Å²) < 4.78 is 12.1. The first-order chi connectivity index (χ1) is 15.1. The molecule has 5 nitrogen and oxygen atoms in total. The maximum Gasteiger partial charge on any atom is 0.262 e. The molecule has 156 valence electrons. The van der Waals surface area contributed by atoms with Gasteiger partial charge in [-0.05, 0) is 49.4 Å². The van der Waals surface area contributed by atoms with Crippen molar-refractivity contribution in [3.63, 3.8) is 0 Å². The van der Waals surface area contributed by atoms with Crippen molar-refractivity contribution in [1.82, 2.24) is 0 Å². The number of anilines is 2. The highest BCUT2D eigenvalue weighted by Crippen LogP contribution is 2.40. The van der Waals surface area contributed by atoms with E-state index in [2.05, 4.69) is 27.2 Å². The van der Waals surface area contributed by atoms with Crippen LogP contribution in [0.3, 0.4) is 0 Å². The minimum absolute atomic E-state index is 0.102. The normalized spacial score (nSPS) is 14.9. The smallest absolute Gasteiger partial charge is 0.262 e. The number of hydrogen-bond donors (Lipinski definition) is 1. The molecule has 0 aromatic heterocycles. The minimum atomic E-state index is -0.469. The topological polar surface area (TPSA) is 50.8 Å². The van der Waals surface area contributed by atoms with Crippen LogP contribution in [0, 0.1) is 12.3 Å². The number of fused-ring (bicyclic) bond motifs is 1. The van der Waals surface area contributed by atoms with E-state index < -0.39 is 6.17 Å². The maximum atomic E-state index is 13.6. The molecule has 1 aliphatic rings. The van der Waals surface area contributed by atoms with Crippen LogP contribution in [-0.2, 0) is 0 Å². The van der Waals surface area contributed by atoms with Gasteiger partial charge in [-0.2, -0.15) is 0 Å². The second-order valence-corrected chi connectivity index (χ2v) is 7.73. The Morgan fingerprint density at radius 2 is 1.87 bits per heavy atom. The molecule has 0 spiro atoms. The number of benzene rings is 3. The number of halogens is 1. The van der Waals surface area contributed by atoms with Crippen molar-refractivity contribution in [2.45, 2.75) is 13.1 Å². The van der Waals surface area contributed by atoms with Crippen LogP contribution in [-0.4, -0.2) is 19.1 Å². The molecule has 1 atom stereocenters. The van der Waals surface area contributed by atoms with Crippen molar-refractivity contribution >= 4 is 33.2 Å². The minimum Gasteiger partial charge on any atom is -0.494 e. The van der Waals surface area contributed by atoms with Gasteiger partial charge in [-0.25, -0.2) is 0 Å². The maximum absolute atomic E-state index is 13.6. The highest BCUT2D eigenvalue weighted by atomic mass is 79.9. The van der Waals surface area contributed by atoms with Gasteiger partial charge >= 0.3 is 0 Å². The van der Waals surface area contributed by atoms with Gasteiger partial charge in [0.25, 0.3) is 5.91 Å². The van der Waals surface area contributed by atoms with Crippen LogP contribution in [0.25, 0.3) is 0 Å². The summed E-state index contributed by atoms with van der Waals surface area (Å²) in [7, 11) is 0. The lowest BCUT2D eigenvalue weighted by Crippen LogP contribution is -2.43. The summed E-state index contributed by atoms with van der Waals surface area (Å²) in [6.07, 6.45) is 4.86. The Kier molecular flexibility index (Phi) is 6.15. The molecule has 31 heavy (non-hydrogen) atoms. The van der Waals surface area contributed by atoms with Gasteiger partial charge in [0.05, 0.1) is 17.9 Å². The number of nitrogens with zero attached hydrogens (tertiary/aromatic N) is 1. The molecule has 3 aromatic carbocycles. The van der Waals surface area contributed by atoms with Gasteiger partial charge in [-0.3, -0.25) is 9.69 Å². The predicted molar refractivity (Wildman–Crippen MR) is 126 cm³/mol. The van der Waals surface area contributed by atoms with Crippen LogP contribution >= 0.6 is 15.9 Å². The zero-order valence-corrected chi connectivity index (χ0v) is 18.6. The SMILES string of the molecule is C#CCOc1ccc(Br)c(C2Nc3ccccc3C(=O)N2c2cccc(OCC)c2)c1. The van der Waals surface area contributed by atoms with Gasteiger partial charge in [0, 0.05) is 21.8 Å². The molecule has 1 aliphatic heterocycles. The first kappa shape index (κ1) is 20.8. The number of hydrogen-bond acceptors (Lipinski definition) is 4. The Morgan fingerprint density at radius 3 is 2.68 bits per heavy atom. The fourth-order valence-electron chi connectivity index (χ4n) is 3.57. The van der Waals surface area contributed by atoms with E-state index >= 15 is 0 Å². The van der Waals surface area contributed by atoms with Gasteiger partial charge in [-0.15, -0.1) is 6.42 Å². The van der Waals surface area contributed by atoms with Crippen LogP contribution < -0.4 is 19.7 Å². The van der Waals surface area contributed by atoms with Crippen LogP contribution in [0.2, 0.25) is 0 Å². The van der Waals surface area contributed by atoms with E-state index in [0.29, 0.717) is 23.7 Å². The summed E-state index contributed by atoms with van der Waals surface area (Å²) in [5.41, 5.74) is 2.96. The highest BCUT2D eigenvalue weighted by molar-refractivity contribution is 9.10. The number of terminal acetylenes is 1. The van der Waals surface area contributed by atoms with Gasteiger partial charge in [-0.1, -0.05) is 40.0 Å². The van der Waals surface area contributed by atoms with E-state index in [1.54, 1.807) is 4.90 Å². The number of rotatable bonds is 6. The molecule has 0 saturated carbocycles. The molecular weight excluding hydrogens is 456 g/mol. The molecule has 1 N–H and O–H groups in total. The molecule has 0 fully saturated rings. The lowest BCUT2D eigenvalue weighted by atomic mass is 10.0. The molecule has 4 rings (SSSR count). The number of carbonyl (C=O) groups is 1. The Morgan fingerprint density at radius 1 is 1.06 bits per heavy atom. The summed E-state index contributed by atoms with van der Waals surface area (Å²) >= 11 is 3.63. The quantitative estimate of drug-likeness (QED) is 0.468. The van der Waals surface area contributed by atoms with Crippen molar-refractivity contribution in [1.29, 1.82) is 0 Å². The third-order valence-electron chi connectivity index (χ3n) is 4.92. The molecule has 0 saturated heterocycles. The predicted octanol–water partition coefficient (Wildman–Crippen LogP) is 5.63. The average Bonchev–Trinajstić information content (AvgIpc) is 2.79. The Hall–Kier alpha value is -3.43. The zero-order chi connectivity index (χ0) is 21.8. The van der Waals surface area contributed by atoms with E-state index in [1.165, 1.54) is 0 Å². The summed E-state index contributed by atoms with van der Waals surface area (Å²) in [4.78, 5) is 15.3. The fraction of sp³-hybridized carbons (Fsp3) is 0.160. The fourth-order valence-corrected chi connectivity index (χ4v) is 4.04. The van der Waals surface area contributed by atoms with E-state index in [-0.39, 0.29) is 12.5 Å². The first-order valence-electron chi connectivity index (χ1n) is 9.90. The summed E-state index contributed by atoms with van der Waals surface area (Å²) in [6.45, 7) is 2.64. The largest absolute Gasteiger partial charge is 0.494 e. The third-order valence-corrected chi connectivity index (χ3v) is 5.64. The van der Waals surface area contributed by atoms with Gasteiger partial charge in [0.1, 0.15) is 24.3 Å². The summed E-state index contributed by atoms with van der Waals surface area (Å²) in [5, 5.41) is 3.51. The van der Waals surface area contributed by atoms with Crippen LogP contribution in [0.15, 0.2) is 71.2 Å². The molecule has 0 radical (unpaired) electrons.